The predicted molar refractivity (Wildman–Crippen MR) is 85.5 cm³/mol. The van der Waals surface area contributed by atoms with Crippen molar-refractivity contribution in [2.45, 2.75) is 55.6 Å². The van der Waals surface area contributed by atoms with E-state index >= 15 is 0 Å². The molecule has 138 valence electrons. The number of benzene rings is 1. The Bertz CT molecular complexity index is 769. The van der Waals surface area contributed by atoms with Gasteiger partial charge in [0.05, 0.1) is 10.8 Å². The molecule has 1 aromatic carbocycles. The van der Waals surface area contributed by atoms with Crippen LogP contribution in [0.25, 0.3) is 0 Å². The van der Waals surface area contributed by atoms with Crippen molar-refractivity contribution >= 4 is 21.6 Å². The van der Waals surface area contributed by atoms with Crippen LogP contribution in [-0.4, -0.2) is 26.5 Å². The minimum absolute atomic E-state index is 0.0626. The molecular weight excluding hydrogens is 357 g/mol. The molecule has 1 fully saturated rings. The Morgan fingerprint density at radius 2 is 1.76 bits per heavy atom. The molecule has 0 unspecified atom stereocenters. The molecule has 9 heteroatoms. The third-order valence-corrected chi connectivity index (χ3v) is 6.31. The number of aryl methyl sites for hydroxylation is 1. The SMILES string of the molecule is O=C1CCc2cc(S(=O)(=O)NC3CCC(C(F)(F)F)CC3)ccc2N1. The molecule has 25 heavy (non-hydrogen) atoms. The number of hydrogen-bond donors (Lipinski definition) is 2. The second kappa shape index (κ2) is 6.60. The lowest BCUT2D eigenvalue weighted by atomic mass is 9.86. The molecule has 1 aromatic rings. The third kappa shape index (κ3) is 4.14. The van der Waals surface area contributed by atoms with Gasteiger partial charge in [-0.25, -0.2) is 13.1 Å². The van der Waals surface area contributed by atoms with Gasteiger partial charge in [0.25, 0.3) is 0 Å². The van der Waals surface area contributed by atoms with E-state index in [0.717, 1.165) is 5.56 Å². The highest BCUT2D eigenvalue weighted by molar-refractivity contribution is 7.89. The summed E-state index contributed by atoms with van der Waals surface area (Å²) in [5, 5.41) is 2.68. The van der Waals surface area contributed by atoms with Crippen molar-refractivity contribution in [3.8, 4) is 0 Å². The standard InChI is InChI=1S/C16H19F3N2O3S/c17-16(18,19)11-2-4-12(5-3-11)21-25(23,24)13-6-7-14-10(9-13)1-8-15(22)20-14/h6-7,9,11-12,21H,1-5,8H2,(H,20,22). The van der Waals surface area contributed by atoms with Crippen molar-refractivity contribution in [3.63, 3.8) is 0 Å². The highest BCUT2D eigenvalue weighted by Gasteiger charge is 2.41. The Kier molecular flexibility index (Phi) is 4.80. The molecule has 1 heterocycles. The number of sulfonamides is 1. The van der Waals surface area contributed by atoms with Gasteiger partial charge in [0.15, 0.2) is 0 Å². The zero-order valence-electron chi connectivity index (χ0n) is 13.4. The smallest absolute Gasteiger partial charge is 0.326 e. The van der Waals surface area contributed by atoms with E-state index in [2.05, 4.69) is 10.0 Å². The summed E-state index contributed by atoms with van der Waals surface area (Å²) in [6, 6.07) is 3.97. The van der Waals surface area contributed by atoms with Crippen LogP contribution in [0.5, 0.6) is 0 Å². The monoisotopic (exact) mass is 376 g/mol. The van der Waals surface area contributed by atoms with Crippen LogP contribution < -0.4 is 10.0 Å². The maximum atomic E-state index is 12.7. The average Bonchev–Trinajstić information content (AvgIpc) is 2.53. The lowest BCUT2D eigenvalue weighted by Gasteiger charge is -2.30. The van der Waals surface area contributed by atoms with Gasteiger partial charge in [0, 0.05) is 18.2 Å². The van der Waals surface area contributed by atoms with Crippen LogP contribution in [0.3, 0.4) is 0 Å². The van der Waals surface area contributed by atoms with Crippen LogP contribution in [0.15, 0.2) is 23.1 Å². The summed E-state index contributed by atoms with van der Waals surface area (Å²) in [6.07, 6.45) is -3.24. The fourth-order valence-electron chi connectivity index (χ4n) is 3.35. The van der Waals surface area contributed by atoms with Gasteiger partial charge in [-0.3, -0.25) is 4.79 Å². The number of carbonyl (C=O) groups is 1. The molecule has 1 saturated carbocycles. The molecular formula is C16H19F3N2O3S. The second-order valence-electron chi connectivity index (χ2n) is 6.58. The summed E-state index contributed by atoms with van der Waals surface area (Å²) in [7, 11) is -3.80. The summed E-state index contributed by atoms with van der Waals surface area (Å²) in [5.41, 5.74) is 1.34. The Hall–Kier alpha value is -1.61. The molecule has 0 bridgehead atoms. The number of rotatable bonds is 3. The fraction of sp³-hybridized carbons (Fsp3) is 0.562. The van der Waals surface area contributed by atoms with E-state index in [4.69, 9.17) is 0 Å². The summed E-state index contributed by atoms with van der Waals surface area (Å²) in [4.78, 5) is 11.4. The second-order valence-corrected chi connectivity index (χ2v) is 8.29. The van der Waals surface area contributed by atoms with E-state index in [0.29, 0.717) is 18.5 Å². The lowest BCUT2D eigenvalue weighted by Crippen LogP contribution is -2.40. The largest absolute Gasteiger partial charge is 0.391 e. The van der Waals surface area contributed by atoms with E-state index < -0.39 is 28.2 Å². The molecule has 0 aromatic heterocycles. The quantitative estimate of drug-likeness (QED) is 0.852. The normalized spacial score (nSPS) is 24.5. The molecule has 0 atom stereocenters. The topological polar surface area (TPSA) is 75.3 Å². The summed E-state index contributed by atoms with van der Waals surface area (Å²) in [6.45, 7) is 0. The van der Waals surface area contributed by atoms with Crippen LogP contribution >= 0.6 is 0 Å². The van der Waals surface area contributed by atoms with Crippen molar-refractivity contribution in [2.24, 2.45) is 5.92 Å². The van der Waals surface area contributed by atoms with E-state index in [9.17, 15) is 26.4 Å². The number of amides is 1. The summed E-state index contributed by atoms with van der Waals surface area (Å²) >= 11 is 0. The Labute approximate surface area is 144 Å². The van der Waals surface area contributed by atoms with Gasteiger partial charge >= 0.3 is 6.18 Å². The first-order valence-electron chi connectivity index (χ1n) is 8.17. The highest BCUT2D eigenvalue weighted by Crippen LogP contribution is 2.37. The van der Waals surface area contributed by atoms with Crippen LogP contribution in [0.2, 0.25) is 0 Å². The maximum Gasteiger partial charge on any atom is 0.391 e. The van der Waals surface area contributed by atoms with Gasteiger partial charge in [0.2, 0.25) is 15.9 Å². The fourth-order valence-corrected chi connectivity index (χ4v) is 4.71. The van der Waals surface area contributed by atoms with Crippen LogP contribution in [0, 0.1) is 5.92 Å². The van der Waals surface area contributed by atoms with E-state index in [1.807, 2.05) is 0 Å². The Morgan fingerprint density at radius 1 is 1.08 bits per heavy atom. The molecule has 3 rings (SSSR count). The van der Waals surface area contributed by atoms with Gasteiger partial charge in [-0.15, -0.1) is 0 Å². The Balaban J connectivity index is 1.68. The maximum absolute atomic E-state index is 12.7. The molecule has 2 aliphatic rings. The van der Waals surface area contributed by atoms with Crippen molar-refractivity contribution in [1.82, 2.24) is 4.72 Å². The Morgan fingerprint density at radius 3 is 2.40 bits per heavy atom. The molecule has 1 aliphatic carbocycles. The van der Waals surface area contributed by atoms with Gasteiger partial charge in [0.1, 0.15) is 0 Å². The molecule has 0 radical (unpaired) electrons. The van der Waals surface area contributed by atoms with E-state index in [1.54, 1.807) is 6.07 Å². The van der Waals surface area contributed by atoms with Gasteiger partial charge in [-0.05, 0) is 55.9 Å². The lowest BCUT2D eigenvalue weighted by molar-refractivity contribution is -0.182. The number of alkyl halides is 3. The highest BCUT2D eigenvalue weighted by atomic mass is 32.2. The van der Waals surface area contributed by atoms with Crippen LogP contribution in [0.4, 0.5) is 18.9 Å². The number of carbonyl (C=O) groups excluding carboxylic acids is 1. The molecule has 1 amide bonds. The van der Waals surface area contributed by atoms with Gasteiger partial charge < -0.3 is 5.32 Å². The van der Waals surface area contributed by atoms with E-state index in [-0.39, 0.29) is 36.5 Å². The average molecular weight is 376 g/mol. The zero-order chi connectivity index (χ0) is 18.2. The summed E-state index contributed by atoms with van der Waals surface area (Å²) < 4.78 is 65.6. The predicted octanol–water partition coefficient (Wildman–Crippen LogP) is 2.97. The molecule has 0 saturated heterocycles. The molecule has 2 N–H and O–H groups in total. The van der Waals surface area contributed by atoms with E-state index in [1.165, 1.54) is 12.1 Å². The van der Waals surface area contributed by atoms with Crippen molar-refractivity contribution in [3.05, 3.63) is 23.8 Å². The number of hydrogen-bond acceptors (Lipinski definition) is 3. The van der Waals surface area contributed by atoms with Crippen LogP contribution in [0.1, 0.15) is 37.7 Å². The van der Waals surface area contributed by atoms with Crippen molar-refractivity contribution in [1.29, 1.82) is 0 Å². The number of halogens is 3. The minimum atomic E-state index is -4.22. The van der Waals surface area contributed by atoms with Gasteiger partial charge in [-0.2, -0.15) is 13.2 Å². The molecule has 5 nitrogen and oxygen atoms in total. The van der Waals surface area contributed by atoms with Crippen LogP contribution in [-0.2, 0) is 21.2 Å². The first kappa shape index (κ1) is 18.2. The van der Waals surface area contributed by atoms with Crippen molar-refractivity contribution in [2.75, 3.05) is 5.32 Å². The number of nitrogens with one attached hydrogen (secondary N) is 2. The summed E-state index contributed by atoms with van der Waals surface area (Å²) in [5.74, 6) is -1.46. The number of anilines is 1. The third-order valence-electron chi connectivity index (χ3n) is 4.79. The van der Waals surface area contributed by atoms with Crippen molar-refractivity contribution < 1.29 is 26.4 Å². The first-order chi connectivity index (χ1) is 11.6. The minimum Gasteiger partial charge on any atom is -0.326 e. The first-order valence-corrected chi connectivity index (χ1v) is 9.65. The number of fused-ring (bicyclic) bond motifs is 1. The van der Waals surface area contributed by atoms with Gasteiger partial charge in [-0.1, -0.05) is 0 Å². The zero-order valence-corrected chi connectivity index (χ0v) is 14.2. The molecule has 0 spiro atoms. The molecule has 1 aliphatic heterocycles.